The van der Waals surface area contributed by atoms with Gasteiger partial charge in [0, 0.05) is 0 Å². The average Bonchev–Trinajstić information content (AvgIpc) is 2.42. The molecule has 0 saturated heterocycles. The second-order valence-corrected chi connectivity index (χ2v) is 4.00. The number of nitrogens with zero attached hydrogens (tertiary/aromatic N) is 2. The minimum absolute atomic E-state index is 0.0389. The number of nitrogens with one attached hydrogen (secondary N) is 2. The van der Waals surface area contributed by atoms with Gasteiger partial charge in [0.05, 0.1) is 17.5 Å². The maximum atomic E-state index is 11.6. The van der Waals surface area contributed by atoms with Crippen LogP contribution in [0.3, 0.4) is 0 Å². The summed E-state index contributed by atoms with van der Waals surface area (Å²) in [5.74, 6) is -1.13. The molecule has 1 aromatic carbocycles. The van der Waals surface area contributed by atoms with Crippen molar-refractivity contribution in [2.45, 2.75) is 0 Å². The molecule has 0 aliphatic carbocycles. The molecule has 9 nitrogen and oxygen atoms in total. The number of carboxylic acid groups (broad SMARTS) is 1. The Kier molecular flexibility index (Phi) is 3.84. The molecule has 0 aliphatic rings. The van der Waals surface area contributed by atoms with E-state index in [1.54, 1.807) is 0 Å². The molecule has 0 radical (unpaired) electrons. The molecule has 0 amide bonds. The Morgan fingerprint density at radius 2 is 2.00 bits per heavy atom. The van der Waals surface area contributed by atoms with E-state index in [-0.39, 0.29) is 22.9 Å². The number of anilines is 3. The van der Waals surface area contributed by atoms with Gasteiger partial charge in [0.2, 0.25) is 5.95 Å². The number of aromatic amines is 1. The van der Waals surface area contributed by atoms with Crippen molar-refractivity contribution in [2.24, 2.45) is 5.10 Å². The molecule has 0 bridgehead atoms. The quantitative estimate of drug-likeness (QED) is 0.393. The lowest BCUT2D eigenvalue weighted by Crippen LogP contribution is -2.19. The Labute approximate surface area is 118 Å². The number of carbonyl (C=O) groups is 1. The van der Waals surface area contributed by atoms with Crippen molar-refractivity contribution >= 4 is 29.6 Å². The number of rotatable bonds is 4. The lowest BCUT2D eigenvalue weighted by atomic mass is 10.2. The van der Waals surface area contributed by atoms with Crippen molar-refractivity contribution in [3.63, 3.8) is 0 Å². The number of hydrazone groups is 1. The van der Waals surface area contributed by atoms with E-state index in [1.807, 2.05) is 0 Å². The molecule has 0 atom stereocenters. The van der Waals surface area contributed by atoms with E-state index in [0.717, 1.165) is 0 Å². The highest BCUT2D eigenvalue weighted by Crippen LogP contribution is 2.09. The van der Waals surface area contributed by atoms with Gasteiger partial charge in [-0.1, -0.05) is 0 Å². The molecule has 1 heterocycles. The SMILES string of the molecule is Nc1nc(N)c(/C=N\Nc2ccc(C(=O)O)cc2)c(=O)[nH]1. The predicted molar refractivity (Wildman–Crippen MR) is 78.3 cm³/mol. The van der Waals surface area contributed by atoms with E-state index in [0.29, 0.717) is 5.69 Å². The smallest absolute Gasteiger partial charge is 0.335 e. The molecular formula is C12H12N6O3. The van der Waals surface area contributed by atoms with Crippen LogP contribution in [0.5, 0.6) is 0 Å². The molecule has 2 rings (SSSR count). The highest BCUT2D eigenvalue weighted by Gasteiger charge is 2.05. The van der Waals surface area contributed by atoms with Crippen molar-refractivity contribution in [1.29, 1.82) is 0 Å². The molecule has 2 aromatic rings. The number of hydrogen-bond acceptors (Lipinski definition) is 7. The first-order valence-corrected chi connectivity index (χ1v) is 5.75. The largest absolute Gasteiger partial charge is 0.478 e. The summed E-state index contributed by atoms with van der Waals surface area (Å²) >= 11 is 0. The summed E-state index contributed by atoms with van der Waals surface area (Å²) in [4.78, 5) is 28.3. The Hall–Kier alpha value is -3.36. The molecule has 0 fully saturated rings. The summed E-state index contributed by atoms with van der Waals surface area (Å²) in [6, 6.07) is 5.92. The third-order valence-corrected chi connectivity index (χ3v) is 2.52. The molecule has 0 saturated carbocycles. The van der Waals surface area contributed by atoms with Crippen molar-refractivity contribution in [3.05, 3.63) is 45.7 Å². The molecule has 7 N–H and O–H groups in total. The lowest BCUT2D eigenvalue weighted by Gasteiger charge is -2.02. The molecular weight excluding hydrogens is 276 g/mol. The molecule has 21 heavy (non-hydrogen) atoms. The van der Waals surface area contributed by atoms with Crippen molar-refractivity contribution in [3.8, 4) is 0 Å². The number of nitrogens with two attached hydrogens (primary N) is 2. The number of benzene rings is 1. The molecule has 9 heteroatoms. The monoisotopic (exact) mass is 288 g/mol. The topological polar surface area (TPSA) is 159 Å². The van der Waals surface area contributed by atoms with Crippen molar-refractivity contribution < 1.29 is 9.90 Å². The van der Waals surface area contributed by atoms with Crippen LogP contribution in [0.15, 0.2) is 34.2 Å². The van der Waals surface area contributed by atoms with Gasteiger partial charge in [0.1, 0.15) is 11.4 Å². The van der Waals surface area contributed by atoms with E-state index in [2.05, 4.69) is 20.5 Å². The van der Waals surface area contributed by atoms with Crippen LogP contribution >= 0.6 is 0 Å². The number of aromatic nitrogens is 2. The minimum atomic E-state index is -1.02. The zero-order chi connectivity index (χ0) is 15.4. The first-order valence-electron chi connectivity index (χ1n) is 5.75. The Bertz CT molecular complexity index is 751. The van der Waals surface area contributed by atoms with Crippen LogP contribution in [0, 0.1) is 0 Å². The molecule has 0 spiro atoms. The maximum Gasteiger partial charge on any atom is 0.335 e. The van der Waals surface area contributed by atoms with Crippen molar-refractivity contribution in [1.82, 2.24) is 9.97 Å². The second kappa shape index (κ2) is 5.74. The van der Waals surface area contributed by atoms with Crippen LogP contribution in [0.4, 0.5) is 17.5 Å². The number of carboxylic acids is 1. The number of aromatic carboxylic acids is 1. The summed E-state index contributed by atoms with van der Waals surface area (Å²) < 4.78 is 0. The highest BCUT2D eigenvalue weighted by molar-refractivity contribution is 5.88. The van der Waals surface area contributed by atoms with Gasteiger partial charge in [-0.15, -0.1) is 0 Å². The van der Waals surface area contributed by atoms with Gasteiger partial charge < -0.3 is 16.6 Å². The first-order chi connectivity index (χ1) is 9.97. The minimum Gasteiger partial charge on any atom is -0.478 e. The zero-order valence-electron chi connectivity index (χ0n) is 10.7. The van der Waals surface area contributed by atoms with Gasteiger partial charge in [-0.3, -0.25) is 15.2 Å². The second-order valence-electron chi connectivity index (χ2n) is 4.00. The van der Waals surface area contributed by atoms with Crippen LogP contribution in [0.25, 0.3) is 0 Å². The van der Waals surface area contributed by atoms with Crippen LogP contribution in [-0.2, 0) is 0 Å². The van der Waals surface area contributed by atoms with Crippen LogP contribution in [-0.4, -0.2) is 27.3 Å². The van der Waals surface area contributed by atoms with Gasteiger partial charge in [0.15, 0.2) is 0 Å². The summed E-state index contributed by atoms with van der Waals surface area (Å²) in [7, 11) is 0. The van der Waals surface area contributed by atoms with E-state index in [9.17, 15) is 9.59 Å². The molecule has 0 unspecified atom stereocenters. The fourth-order valence-corrected chi connectivity index (χ4v) is 1.50. The zero-order valence-corrected chi connectivity index (χ0v) is 10.7. The standard InChI is InChI=1S/C12H12N6O3/c13-9-8(10(19)17-12(14)16-9)5-15-18-7-3-1-6(2-4-7)11(20)21/h1-5,18H,(H,20,21)(H5,13,14,16,17,19)/b15-5-. The van der Waals surface area contributed by atoms with Gasteiger partial charge in [-0.2, -0.15) is 10.1 Å². The predicted octanol–water partition coefficient (Wildman–Crippen LogP) is 0.0785. The molecule has 0 aliphatic heterocycles. The Balaban J connectivity index is 2.13. The van der Waals surface area contributed by atoms with Crippen LogP contribution in [0.2, 0.25) is 0 Å². The Morgan fingerprint density at radius 1 is 1.33 bits per heavy atom. The molecule has 108 valence electrons. The fourth-order valence-electron chi connectivity index (χ4n) is 1.50. The Morgan fingerprint density at radius 3 is 2.57 bits per heavy atom. The normalized spacial score (nSPS) is 10.7. The fraction of sp³-hybridized carbons (Fsp3) is 0. The molecule has 1 aromatic heterocycles. The summed E-state index contributed by atoms with van der Waals surface area (Å²) in [6.07, 6.45) is 1.20. The number of H-pyrrole nitrogens is 1. The van der Waals surface area contributed by atoms with Crippen LogP contribution in [0.1, 0.15) is 15.9 Å². The maximum absolute atomic E-state index is 11.6. The van der Waals surface area contributed by atoms with Gasteiger partial charge in [-0.25, -0.2) is 4.79 Å². The van der Waals surface area contributed by atoms with E-state index < -0.39 is 11.5 Å². The summed E-state index contributed by atoms with van der Waals surface area (Å²) in [5.41, 5.74) is 13.8. The number of hydrogen-bond donors (Lipinski definition) is 5. The average molecular weight is 288 g/mol. The van der Waals surface area contributed by atoms with E-state index >= 15 is 0 Å². The number of nitrogen functional groups attached to an aromatic ring is 2. The van der Waals surface area contributed by atoms with Crippen LogP contribution < -0.4 is 22.5 Å². The third-order valence-electron chi connectivity index (χ3n) is 2.52. The van der Waals surface area contributed by atoms with Gasteiger partial charge >= 0.3 is 5.97 Å². The lowest BCUT2D eigenvalue weighted by molar-refractivity contribution is 0.0697. The third kappa shape index (κ3) is 3.35. The van der Waals surface area contributed by atoms with E-state index in [1.165, 1.54) is 30.5 Å². The highest BCUT2D eigenvalue weighted by atomic mass is 16.4. The first kappa shape index (κ1) is 14.1. The van der Waals surface area contributed by atoms with Gasteiger partial charge in [-0.05, 0) is 24.3 Å². The summed E-state index contributed by atoms with van der Waals surface area (Å²) in [5, 5.41) is 12.6. The summed E-state index contributed by atoms with van der Waals surface area (Å²) in [6.45, 7) is 0. The van der Waals surface area contributed by atoms with Crippen molar-refractivity contribution in [2.75, 3.05) is 16.9 Å². The van der Waals surface area contributed by atoms with E-state index in [4.69, 9.17) is 16.6 Å². The van der Waals surface area contributed by atoms with Gasteiger partial charge in [0.25, 0.3) is 5.56 Å².